The Morgan fingerprint density at radius 3 is 2.32 bits per heavy atom. The van der Waals surface area contributed by atoms with E-state index in [-0.39, 0.29) is 17.9 Å². The Hall–Kier alpha value is -2.24. The van der Waals surface area contributed by atoms with Crippen LogP contribution in [0.2, 0.25) is 0 Å². The van der Waals surface area contributed by atoms with Crippen LogP contribution in [0.5, 0.6) is 11.5 Å². The minimum atomic E-state index is -0.902. The molecule has 0 aromatic heterocycles. The molecule has 1 amide bonds. The molecule has 25 heavy (non-hydrogen) atoms. The predicted molar refractivity (Wildman–Crippen MR) is 93.7 cm³/mol. The molecule has 0 spiro atoms. The Kier molecular flexibility index (Phi) is 6.28. The van der Waals surface area contributed by atoms with Crippen molar-refractivity contribution in [3.63, 3.8) is 0 Å². The first kappa shape index (κ1) is 19.1. The molecule has 0 aliphatic heterocycles. The summed E-state index contributed by atoms with van der Waals surface area (Å²) < 4.78 is 11.2. The first-order chi connectivity index (χ1) is 11.9. The van der Waals surface area contributed by atoms with E-state index >= 15 is 0 Å². The molecule has 138 valence electrons. The Bertz CT molecular complexity index is 628. The molecule has 0 bridgehead atoms. The highest BCUT2D eigenvalue weighted by atomic mass is 16.5. The summed E-state index contributed by atoms with van der Waals surface area (Å²) in [5.41, 5.74) is 0.919. The number of nitrogens with one attached hydrogen (secondary N) is 1. The van der Waals surface area contributed by atoms with Gasteiger partial charge < -0.3 is 19.9 Å². The van der Waals surface area contributed by atoms with Crippen molar-refractivity contribution >= 4 is 11.9 Å². The molecule has 0 saturated heterocycles. The van der Waals surface area contributed by atoms with Gasteiger partial charge in [-0.3, -0.25) is 9.59 Å². The van der Waals surface area contributed by atoms with E-state index in [0.29, 0.717) is 31.1 Å². The van der Waals surface area contributed by atoms with E-state index in [4.69, 9.17) is 14.6 Å². The van der Waals surface area contributed by atoms with E-state index in [9.17, 15) is 9.59 Å². The lowest BCUT2D eigenvalue weighted by Gasteiger charge is -2.24. The third kappa shape index (κ3) is 4.65. The third-order valence-corrected chi connectivity index (χ3v) is 4.34. The topological polar surface area (TPSA) is 84.9 Å². The number of aliphatic carboxylic acids is 1. The van der Waals surface area contributed by atoms with E-state index < -0.39 is 17.8 Å². The second-order valence-electron chi connectivity index (χ2n) is 6.59. The SMILES string of the molecule is CCOc1ccc(C(NC(=O)C2CC2C(=O)O)C(C)C)cc1OCC. The number of carbonyl (C=O) groups is 2. The van der Waals surface area contributed by atoms with Crippen LogP contribution in [0.15, 0.2) is 18.2 Å². The van der Waals surface area contributed by atoms with Gasteiger partial charge in [0.1, 0.15) is 0 Å². The first-order valence-electron chi connectivity index (χ1n) is 8.81. The van der Waals surface area contributed by atoms with Crippen LogP contribution >= 0.6 is 0 Å². The van der Waals surface area contributed by atoms with Crippen molar-refractivity contribution in [3.05, 3.63) is 23.8 Å². The van der Waals surface area contributed by atoms with Gasteiger partial charge in [0.15, 0.2) is 11.5 Å². The number of carbonyl (C=O) groups excluding carboxylic acids is 1. The number of carboxylic acid groups (broad SMARTS) is 1. The molecule has 0 heterocycles. The number of hydrogen-bond donors (Lipinski definition) is 2. The predicted octanol–water partition coefficient (Wildman–Crippen LogP) is 3.02. The molecule has 1 aliphatic carbocycles. The number of benzene rings is 1. The first-order valence-corrected chi connectivity index (χ1v) is 8.81. The van der Waals surface area contributed by atoms with Crippen LogP contribution in [0, 0.1) is 17.8 Å². The van der Waals surface area contributed by atoms with Crippen LogP contribution in [0.4, 0.5) is 0 Å². The highest BCUT2D eigenvalue weighted by Crippen LogP contribution is 2.40. The van der Waals surface area contributed by atoms with Crippen LogP contribution in [-0.2, 0) is 9.59 Å². The summed E-state index contributed by atoms with van der Waals surface area (Å²) in [7, 11) is 0. The molecule has 1 fully saturated rings. The number of carboxylic acids is 1. The summed E-state index contributed by atoms with van der Waals surface area (Å²) >= 11 is 0. The molecule has 2 rings (SSSR count). The summed E-state index contributed by atoms with van der Waals surface area (Å²) in [5.74, 6) is -0.594. The van der Waals surface area contributed by atoms with Crippen molar-refractivity contribution in [1.29, 1.82) is 0 Å². The number of amides is 1. The molecule has 1 aromatic rings. The molecule has 1 saturated carbocycles. The Morgan fingerprint density at radius 1 is 1.16 bits per heavy atom. The van der Waals surface area contributed by atoms with Gasteiger partial charge in [-0.15, -0.1) is 0 Å². The number of rotatable bonds is 9. The zero-order valence-corrected chi connectivity index (χ0v) is 15.2. The van der Waals surface area contributed by atoms with Gasteiger partial charge in [-0.25, -0.2) is 0 Å². The molecule has 1 aliphatic rings. The van der Waals surface area contributed by atoms with Gasteiger partial charge in [-0.2, -0.15) is 0 Å². The third-order valence-electron chi connectivity index (χ3n) is 4.34. The molecule has 0 radical (unpaired) electrons. The fourth-order valence-electron chi connectivity index (χ4n) is 2.91. The van der Waals surface area contributed by atoms with E-state index in [1.165, 1.54) is 0 Å². The smallest absolute Gasteiger partial charge is 0.307 e. The quantitative estimate of drug-likeness (QED) is 0.716. The maximum atomic E-state index is 12.4. The van der Waals surface area contributed by atoms with Gasteiger partial charge in [-0.05, 0) is 43.9 Å². The van der Waals surface area contributed by atoms with Crippen LogP contribution in [0.25, 0.3) is 0 Å². The molecular weight excluding hydrogens is 322 g/mol. The monoisotopic (exact) mass is 349 g/mol. The number of hydrogen-bond acceptors (Lipinski definition) is 4. The second-order valence-corrected chi connectivity index (χ2v) is 6.59. The van der Waals surface area contributed by atoms with E-state index in [0.717, 1.165) is 5.56 Å². The lowest BCUT2D eigenvalue weighted by Crippen LogP contribution is -2.33. The Balaban J connectivity index is 2.18. The van der Waals surface area contributed by atoms with Gasteiger partial charge in [0.25, 0.3) is 0 Å². The van der Waals surface area contributed by atoms with Gasteiger partial charge in [0, 0.05) is 0 Å². The standard InChI is InChI=1S/C19H27NO5/c1-5-24-15-8-7-12(9-16(15)25-6-2)17(11(3)4)20-18(21)13-10-14(13)19(22)23/h7-9,11,13-14,17H,5-6,10H2,1-4H3,(H,20,21)(H,22,23). The summed E-state index contributed by atoms with van der Waals surface area (Å²) in [6, 6.07) is 5.45. The number of ether oxygens (including phenoxy) is 2. The molecule has 3 unspecified atom stereocenters. The Labute approximate surface area is 148 Å². The van der Waals surface area contributed by atoms with Crippen molar-refractivity contribution in [2.45, 2.75) is 40.2 Å². The molecule has 3 atom stereocenters. The zero-order chi connectivity index (χ0) is 18.6. The van der Waals surface area contributed by atoms with Crippen LogP contribution in [0.1, 0.15) is 45.7 Å². The fraction of sp³-hybridized carbons (Fsp3) is 0.579. The summed E-state index contributed by atoms with van der Waals surface area (Å²) in [6.45, 7) is 8.91. The van der Waals surface area contributed by atoms with E-state index in [1.54, 1.807) is 0 Å². The van der Waals surface area contributed by atoms with Crippen LogP contribution in [-0.4, -0.2) is 30.2 Å². The van der Waals surface area contributed by atoms with Crippen LogP contribution in [0.3, 0.4) is 0 Å². The van der Waals surface area contributed by atoms with Crippen molar-refractivity contribution < 1.29 is 24.2 Å². The van der Waals surface area contributed by atoms with Crippen LogP contribution < -0.4 is 14.8 Å². The lowest BCUT2D eigenvalue weighted by molar-refractivity contribution is -0.140. The molecule has 2 N–H and O–H groups in total. The summed E-state index contributed by atoms with van der Waals surface area (Å²) in [6.07, 6.45) is 0.416. The molecule has 6 nitrogen and oxygen atoms in total. The molecule has 6 heteroatoms. The average molecular weight is 349 g/mol. The van der Waals surface area contributed by atoms with Gasteiger partial charge in [0.05, 0.1) is 31.1 Å². The van der Waals surface area contributed by atoms with Crippen molar-refractivity contribution in [1.82, 2.24) is 5.32 Å². The minimum absolute atomic E-state index is 0.151. The van der Waals surface area contributed by atoms with Gasteiger partial charge in [0.2, 0.25) is 5.91 Å². The van der Waals surface area contributed by atoms with Crippen molar-refractivity contribution in [2.75, 3.05) is 13.2 Å². The largest absolute Gasteiger partial charge is 0.490 e. The minimum Gasteiger partial charge on any atom is -0.490 e. The van der Waals surface area contributed by atoms with E-state index in [1.807, 2.05) is 45.9 Å². The highest BCUT2D eigenvalue weighted by Gasteiger charge is 2.48. The highest BCUT2D eigenvalue weighted by molar-refractivity contribution is 5.89. The van der Waals surface area contributed by atoms with Gasteiger partial charge in [-0.1, -0.05) is 19.9 Å². The second kappa shape index (κ2) is 8.23. The van der Waals surface area contributed by atoms with Crippen molar-refractivity contribution in [3.8, 4) is 11.5 Å². The fourth-order valence-corrected chi connectivity index (χ4v) is 2.91. The average Bonchev–Trinajstić information content (AvgIpc) is 3.35. The zero-order valence-electron chi connectivity index (χ0n) is 15.2. The summed E-state index contributed by atoms with van der Waals surface area (Å²) in [4.78, 5) is 23.3. The maximum absolute atomic E-state index is 12.4. The maximum Gasteiger partial charge on any atom is 0.307 e. The molecular formula is C19H27NO5. The molecule has 1 aromatic carbocycles. The lowest BCUT2D eigenvalue weighted by atomic mass is 9.95. The summed E-state index contributed by atoms with van der Waals surface area (Å²) in [5, 5.41) is 12.0. The van der Waals surface area contributed by atoms with Crippen molar-refractivity contribution in [2.24, 2.45) is 17.8 Å². The normalized spacial score (nSPS) is 20.0. The Morgan fingerprint density at radius 2 is 1.80 bits per heavy atom. The van der Waals surface area contributed by atoms with Gasteiger partial charge >= 0.3 is 5.97 Å². The van der Waals surface area contributed by atoms with E-state index in [2.05, 4.69) is 5.32 Å².